The number of thiazole rings is 1. The van der Waals surface area contributed by atoms with Crippen molar-refractivity contribution in [1.82, 2.24) is 20.1 Å². The molecule has 1 amide bonds. The Balaban J connectivity index is 1.26. The average molecular weight is 620 g/mol. The lowest BCUT2D eigenvalue weighted by Gasteiger charge is -2.47. The lowest BCUT2D eigenvalue weighted by atomic mass is 9.78. The zero-order chi connectivity index (χ0) is 31.0. The lowest BCUT2D eigenvalue weighted by Crippen LogP contribution is -2.68. The van der Waals surface area contributed by atoms with Crippen LogP contribution in [0, 0.1) is 18.8 Å². The molecule has 2 aromatic rings. The predicted octanol–water partition coefficient (Wildman–Crippen LogP) is 4.31. The van der Waals surface area contributed by atoms with Gasteiger partial charge < -0.3 is 19.9 Å². The van der Waals surface area contributed by atoms with Crippen LogP contribution in [-0.4, -0.2) is 96.9 Å². The van der Waals surface area contributed by atoms with Crippen LogP contribution < -0.4 is 10.2 Å². The fourth-order valence-electron chi connectivity index (χ4n) is 7.61. The van der Waals surface area contributed by atoms with Crippen molar-refractivity contribution in [3.05, 3.63) is 46.4 Å². The molecule has 9 nitrogen and oxygen atoms in total. The number of allylic oxidation sites excluding steroid dienone is 1. The summed E-state index contributed by atoms with van der Waals surface area (Å²) in [6, 6.07) is 6.98. The number of hydrogen-bond donors (Lipinski definition) is 1. The summed E-state index contributed by atoms with van der Waals surface area (Å²) in [5, 5.41) is 4.25. The molecule has 236 valence electrons. The second-order valence-electron chi connectivity index (χ2n) is 13.0. The van der Waals surface area contributed by atoms with E-state index in [-0.39, 0.29) is 36.2 Å². The predicted molar refractivity (Wildman–Crippen MR) is 173 cm³/mol. The van der Waals surface area contributed by atoms with E-state index in [2.05, 4.69) is 42.1 Å². The molecule has 1 aromatic heterocycles. The minimum Gasteiger partial charge on any atom is -0.368 e. The number of benzene rings is 1. The number of nitrogens with one attached hydrogen (secondary N) is 1. The van der Waals surface area contributed by atoms with Gasteiger partial charge in [0.1, 0.15) is 12.6 Å². The number of aryl methyl sites for hydroxylation is 1. The normalized spacial score (nSPS) is 26.9. The number of likely N-dealkylation sites (N-methyl/N-ethyl adjacent to an activating group) is 1. The van der Waals surface area contributed by atoms with E-state index in [1.54, 1.807) is 11.3 Å². The molecule has 4 unspecified atom stereocenters. The summed E-state index contributed by atoms with van der Waals surface area (Å²) in [5.74, 6) is -0.415. The topological polar surface area (TPSA) is 95.1 Å². The van der Waals surface area contributed by atoms with Gasteiger partial charge in [-0.2, -0.15) is 0 Å². The first-order valence-corrected chi connectivity index (χ1v) is 16.9. The van der Waals surface area contributed by atoms with Crippen LogP contribution in [0.5, 0.6) is 0 Å². The molecule has 1 N–H and O–H groups in total. The van der Waals surface area contributed by atoms with E-state index in [9.17, 15) is 14.4 Å². The van der Waals surface area contributed by atoms with Crippen LogP contribution in [0.3, 0.4) is 0 Å². The van der Waals surface area contributed by atoms with Crippen molar-refractivity contribution in [3.63, 3.8) is 0 Å². The van der Waals surface area contributed by atoms with Gasteiger partial charge in [-0.3, -0.25) is 19.3 Å². The number of fused-ring (bicyclic) bond motifs is 1. The van der Waals surface area contributed by atoms with Gasteiger partial charge in [-0.25, -0.2) is 4.98 Å². The molecule has 4 atom stereocenters. The molecular weight excluding hydrogens is 574 g/mol. The Bertz CT molecular complexity index is 1410. The minimum absolute atomic E-state index is 0.00682. The van der Waals surface area contributed by atoms with Crippen LogP contribution in [0.25, 0.3) is 11.3 Å². The van der Waals surface area contributed by atoms with Crippen LogP contribution in [0.4, 0.5) is 5.13 Å². The number of carbonyl (C=O) groups excluding carboxylic acids is 3. The van der Waals surface area contributed by atoms with Gasteiger partial charge in [0.2, 0.25) is 0 Å². The van der Waals surface area contributed by atoms with Crippen molar-refractivity contribution in [1.29, 1.82) is 0 Å². The molecule has 1 aromatic carbocycles. The summed E-state index contributed by atoms with van der Waals surface area (Å²) >= 11 is 1.71. The molecule has 4 fully saturated rings. The fourth-order valence-corrected chi connectivity index (χ4v) is 8.60. The number of anilines is 1. The number of amides is 1. The third-order valence-corrected chi connectivity index (χ3v) is 11.4. The summed E-state index contributed by atoms with van der Waals surface area (Å²) in [6.07, 6.45) is 7.41. The highest BCUT2D eigenvalue weighted by molar-refractivity contribution is 7.16. The van der Waals surface area contributed by atoms with E-state index < -0.39 is 11.7 Å². The maximum Gasteiger partial charge on any atom is 0.253 e. The van der Waals surface area contributed by atoms with Crippen molar-refractivity contribution in [2.24, 2.45) is 11.8 Å². The van der Waals surface area contributed by atoms with Crippen LogP contribution >= 0.6 is 11.3 Å². The summed E-state index contributed by atoms with van der Waals surface area (Å²) in [4.78, 5) is 53.3. The molecule has 6 rings (SSSR count). The largest absolute Gasteiger partial charge is 0.368 e. The molecule has 0 radical (unpaired) electrons. The van der Waals surface area contributed by atoms with Gasteiger partial charge in [0, 0.05) is 60.6 Å². The van der Waals surface area contributed by atoms with Crippen molar-refractivity contribution in [2.45, 2.75) is 70.7 Å². The van der Waals surface area contributed by atoms with Gasteiger partial charge in [-0.15, -0.1) is 11.3 Å². The van der Waals surface area contributed by atoms with E-state index in [0.29, 0.717) is 12.1 Å². The molecule has 4 aliphatic rings. The quantitative estimate of drug-likeness (QED) is 0.345. The second kappa shape index (κ2) is 12.8. The summed E-state index contributed by atoms with van der Waals surface area (Å²) in [7, 11) is 2.15. The number of ether oxygens (including phenoxy) is 1. The third-order valence-electron chi connectivity index (χ3n) is 10.4. The summed E-state index contributed by atoms with van der Waals surface area (Å²) in [6.45, 7) is 10.6. The highest BCUT2D eigenvalue weighted by atomic mass is 32.1. The molecule has 0 spiro atoms. The number of aromatic nitrogens is 1. The van der Waals surface area contributed by atoms with E-state index >= 15 is 0 Å². The van der Waals surface area contributed by atoms with Crippen LogP contribution in [0.1, 0.15) is 61.2 Å². The second-order valence-corrected chi connectivity index (χ2v) is 14.2. The number of likely N-dealkylation sites (tertiary alicyclic amines) is 1. The number of nitrogens with zero attached hydrogens (tertiary/aromatic N) is 4. The number of rotatable bonds is 8. The van der Waals surface area contributed by atoms with E-state index in [4.69, 9.17) is 9.72 Å². The zero-order valence-corrected chi connectivity index (χ0v) is 27.2. The van der Waals surface area contributed by atoms with Crippen LogP contribution in [-0.2, 0) is 14.3 Å². The highest BCUT2D eigenvalue weighted by Crippen LogP contribution is 2.44. The standard InChI is InChI=1S/C34H45N5O4S/c1-5-22(2)27-19-39(30-28(41)20-43-31(27)30)34(21-40,26-9-7-6-8-10-26)36-32(42)25-13-11-24(12-14-25)29-23(3)44-33(35-29)38-17-15-37(4)16-18-38/h5,11-14,21,26-27,30-31H,6-10,15-20H2,1-4H3,(H,36,42)/b22-5+. The maximum atomic E-state index is 14.0. The number of Topliss-reactive ketones (excluding diaryl/α,β-unsaturated/α-hetero) is 1. The molecular formula is C34H45N5O4S. The number of ketones is 1. The summed E-state index contributed by atoms with van der Waals surface area (Å²) in [5.41, 5.74) is 2.23. The first-order valence-electron chi connectivity index (χ1n) is 16.1. The Morgan fingerprint density at radius 3 is 2.48 bits per heavy atom. The SMILES string of the molecule is C/C=C(\C)C1CN(C(C=O)(NC(=O)c2ccc(-c3nc(N4CCN(C)CC4)sc3C)cc2)C2CCCCC2)C2C(=O)COC12. The van der Waals surface area contributed by atoms with Crippen molar-refractivity contribution >= 4 is 34.4 Å². The van der Waals surface area contributed by atoms with Gasteiger partial charge in [0.25, 0.3) is 5.91 Å². The van der Waals surface area contributed by atoms with Crippen molar-refractivity contribution in [3.8, 4) is 11.3 Å². The molecule has 0 bridgehead atoms. The molecule has 1 aliphatic carbocycles. The molecule has 3 saturated heterocycles. The van der Waals surface area contributed by atoms with E-state index in [1.807, 2.05) is 36.1 Å². The first kappa shape index (κ1) is 31.1. The maximum absolute atomic E-state index is 14.0. The summed E-state index contributed by atoms with van der Waals surface area (Å²) < 4.78 is 6.01. The van der Waals surface area contributed by atoms with Gasteiger partial charge in [0.05, 0.1) is 11.8 Å². The molecule has 10 heteroatoms. The third kappa shape index (κ3) is 5.66. The van der Waals surface area contributed by atoms with Gasteiger partial charge in [-0.1, -0.05) is 43.0 Å². The number of aldehydes is 1. The lowest BCUT2D eigenvalue weighted by molar-refractivity contribution is -0.133. The van der Waals surface area contributed by atoms with Gasteiger partial charge >= 0.3 is 0 Å². The van der Waals surface area contributed by atoms with Crippen molar-refractivity contribution in [2.75, 3.05) is 51.3 Å². The number of hydrogen-bond acceptors (Lipinski definition) is 9. The Hall–Kier alpha value is -2.92. The minimum atomic E-state index is -1.28. The van der Waals surface area contributed by atoms with Crippen molar-refractivity contribution < 1.29 is 19.1 Å². The number of piperazine rings is 1. The monoisotopic (exact) mass is 619 g/mol. The fraction of sp³-hybridized carbons (Fsp3) is 0.588. The molecule has 3 aliphatic heterocycles. The van der Waals surface area contributed by atoms with E-state index in [1.165, 1.54) is 0 Å². The zero-order valence-electron chi connectivity index (χ0n) is 26.4. The molecule has 44 heavy (non-hydrogen) atoms. The Morgan fingerprint density at radius 1 is 1.11 bits per heavy atom. The van der Waals surface area contributed by atoms with Crippen LogP contribution in [0.2, 0.25) is 0 Å². The Kier molecular flexibility index (Phi) is 9.06. The number of carbonyl (C=O) groups is 3. The van der Waals surface area contributed by atoms with Gasteiger partial charge in [0.15, 0.2) is 22.9 Å². The Labute approximate surface area is 264 Å². The highest BCUT2D eigenvalue weighted by Gasteiger charge is 2.59. The van der Waals surface area contributed by atoms with Crippen LogP contribution in [0.15, 0.2) is 35.9 Å². The molecule has 4 heterocycles. The smallest absolute Gasteiger partial charge is 0.253 e. The van der Waals surface area contributed by atoms with E-state index in [0.717, 1.165) is 91.4 Å². The first-order chi connectivity index (χ1) is 21.3. The van der Waals surface area contributed by atoms with Gasteiger partial charge in [-0.05, 0) is 52.8 Å². The Morgan fingerprint density at radius 2 is 1.82 bits per heavy atom. The average Bonchev–Trinajstić information content (AvgIpc) is 3.75. The molecule has 1 saturated carbocycles.